The van der Waals surface area contributed by atoms with Crippen LogP contribution >= 0.6 is 11.6 Å². The molecule has 1 aliphatic rings. The highest BCUT2D eigenvalue weighted by molar-refractivity contribution is 6.31. The molecule has 27 heavy (non-hydrogen) atoms. The Balaban J connectivity index is 1.56. The normalized spacial score (nSPS) is 14.8. The lowest BCUT2D eigenvalue weighted by Gasteiger charge is -2.06. The Morgan fingerprint density at radius 3 is 2.74 bits per heavy atom. The van der Waals surface area contributed by atoms with Crippen LogP contribution in [0.3, 0.4) is 0 Å². The van der Waals surface area contributed by atoms with Gasteiger partial charge in [0.2, 0.25) is 0 Å². The molecular formula is C20H14ClN5O. The van der Waals surface area contributed by atoms with Gasteiger partial charge in [0.1, 0.15) is 18.5 Å². The van der Waals surface area contributed by atoms with Crippen molar-refractivity contribution < 1.29 is 0 Å². The Kier molecular flexibility index (Phi) is 3.65. The van der Waals surface area contributed by atoms with Crippen LogP contribution in [0.15, 0.2) is 59.9 Å². The van der Waals surface area contributed by atoms with Gasteiger partial charge in [-0.25, -0.2) is 14.6 Å². The van der Waals surface area contributed by atoms with Crippen molar-refractivity contribution in [3.05, 3.63) is 81.9 Å². The predicted octanol–water partition coefficient (Wildman–Crippen LogP) is 3.57. The third-order valence-corrected chi connectivity index (χ3v) is 4.96. The Morgan fingerprint density at radius 1 is 1.11 bits per heavy atom. The zero-order valence-electron chi connectivity index (χ0n) is 14.2. The van der Waals surface area contributed by atoms with Crippen molar-refractivity contribution in [2.45, 2.75) is 13.0 Å². The molecule has 0 N–H and O–H groups in total. The fourth-order valence-electron chi connectivity index (χ4n) is 3.39. The van der Waals surface area contributed by atoms with Crippen molar-refractivity contribution in [2.75, 3.05) is 0 Å². The van der Waals surface area contributed by atoms with Crippen molar-refractivity contribution in [1.82, 2.24) is 24.3 Å². The van der Waals surface area contributed by atoms with Gasteiger partial charge in [-0.15, -0.1) is 0 Å². The van der Waals surface area contributed by atoms with Gasteiger partial charge in [0.05, 0.1) is 16.6 Å². The minimum absolute atomic E-state index is 0.0170. The zero-order valence-corrected chi connectivity index (χ0v) is 15.0. The molecule has 1 aliphatic heterocycles. The molecule has 0 unspecified atom stereocenters. The summed E-state index contributed by atoms with van der Waals surface area (Å²) in [5, 5.41) is 5.30. The Hall–Kier alpha value is -3.25. The van der Waals surface area contributed by atoms with Gasteiger partial charge in [0, 0.05) is 11.6 Å². The molecule has 0 amide bonds. The first kappa shape index (κ1) is 16.0. The number of halogens is 1. The van der Waals surface area contributed by atoms with Crippen LogP contribution in [-0.2, 0) is 6.54 Å². The third-order valence-electron chi connectivity index (χ3n) is 4.73. The van der Waals surface area contributed by atoms with E-state index in [0.29, 0.717) is 22.5 Å². The van der Waals surface area contributed by atoms with E-state index in [9.17, 15) is 4.79 Å². The molecule has 4 aromatic rings. The molecular weight excluding hydrogens is 362 g/mol. The van der Waals surface area contributed by atoms with Crippen LogP contribution in [0.1, 0.15) is 17.8 Å². The summed E-state index contributed by atoms with van der Waals surface area (Å²) >= 11 is 6.07. The highest BCUT2D eigenvalue weighted by atomic mass is 35.5. The van der Waals surface area contributed by atoms with Gasteiger partial charge in [0.25, 0.3) is 5.56 Å². The second kappa shape index (κ2) is 6.17. The number of aromatic nitrogens is 5. The average molecular weight is 376 g/mol. The van der Waals surface area contributed by atoms with E-state index in [1.165, 1.54) is 6.33 Å². The van der Waals surface area contributed by atoms with Crippen molar-refractivity contribution >= 4 is 34.2 Å². The van der Waals surface area contributed by atoms with Gasteiger partial charge >= 0.3 is 0 Å². The first-order valence-corrected chi connectivity index (χ1v) is 8.93. The van der Waals surface area contributed by atoms with E-state index in [1.54, 1.807) is 33.8 Å². The quantitative estimate of drug-likeness (QED) is 0.537. The van der Waals surface area contributed by atoms with Gasteiger partial charge in [-0.05, 0) is 54.0 Å². The maximum Gasteiger partial charge on any atom is 0.261 e. The van der Waals surface area contributed by atoms with Crippen LogP contribution in [0, 0.1) is 0 Å². The number of hydrogen-bond acceptors (Lipinski definition) is 4. The van der Waals surface area contributed by atoms with E-state index in [4.69, 9.17) is 16.6 Å². The highest BCUT2D eigenvalue weighted by Crippen LogP contribution is 2.28. The molecule has 0 saturated heterocycles. The summed E-state index contributed by atoms with van der Waals surface area (Å²) in [5.74, 6) is 0.718. The first-order valence-electron chi connectivity index (χ1n) is 8.55. The SMILES string of the molecule is O=c1c2ccc(Cl)cc2nc2n1CC/C2=C\c1ccc(-n2cncn2)cc1. The molecule has 0 atom stereocenters. The number of nitrogens with zero attached hydrogens (tertiary/aromatic N) is 5. The van der Waals surface area contributed by atoms with Crippen molar-refractivity contribution in [2.24, 2.45) is 0 Å². The molecule has 0 aliphatic carbocycles. The van der Waals surface area contributed by atoms with Gasteiger partial charge in [-0.3, -0.25) is 9.36 Å². The number of rotatable bonds is 2. The number of allylic oxidation sites excluding steroid dienone is 1. The van der Waals surface area contributed by atoms with Crippen LogP contribution in [0.25, 0.3) is 28.2 Å². The molecule has 0 bridgehead atoms. The smallest absolute Gasteiger partial charge is 0.261 e. The maximum atomic E-state index is 12.7. The van der Waals surface area contributed by atoms with Crippen LogP contribution in [-0.4, -0.2) is 24.3 Å². The molecule has 0 radical (unpaired) electrons. The molecule has 3 heterocycles. The molecule has 6 nitrogen and oxygen atoms in total. The Morgan fingerprint density at radius 2 is 1.96 bits per heavy atom. The van der Waals surface area contributed by atoms with Crippen LogP contribution < -0.4 is 5.56 Å². The molecule has 132 valence electrons. The highest BCUT2D eigenvalue weighted by Gasteiger charge is 2.20. The molecule has 2 aromatic heterocycles. The molecule has 0 saturated carbocycles. The van der Waals surface area contributed by atoms with Crippen LogP contribution in [0.2, 0.25) is 5.02 Å². The van der Waals surface area contributed by atoms with Gasteiger partial charge < -0.3 is 0 Å². The van der Waals surface area contributed by atoms with Crippen molar-refractivity contribution in [1.29, 1.82) is 0 Å². The lowest BCUT2D eigenvalue weighted by atomic mass is 10.1. The fraction of sp³-hybridized carbons (Fsp3) is 0.100. The van der Waals surface area contributed by atoms with E-state index in [-0.39, 0.29) is 5.56 Å². The molecule has 2 aromatic carbocycles. The topological polar surface area (TPSA) is 65.6 Å². The Labute approximate surface area is 159 Å². The van der Waals surface area contributed by atoms with E-state index in [1.807, 2.05) is 24.3 Å². The zero-order chi connectivity index (χ0) is 18.4. The standard InChI is InChI=1S/C20H14ClN5O/c21-15-3-6-17-18(10-15)24-19-14(7-8-25(19)20(17)27)9-13-1-4-16(5-2-13)26-12-22-11-23-26/h1-6,9-12H,7-8H2/b14-9+. The summed E-state index contributed by atoms with van der Waals surface area (Å²) in [6.45, 7) is 0.641. The van der Waals surface area contributed by atoms with Crippen molar-refractivity contribution in [3.63, 3.8) is 0 Å². The molecule has 7 heteroatoms. The number of fused-ring (bicyclic) bond motifs is 2. The maximum absolute atomic E-state index is 12.7. The van der Waals surface area contributed by atoms with Gasteiger partial charge in [0.15, 0.2) is 0 Å². The largest absolute Gasteiger partial charge is 0.292 e. The summed E-state index contributed by atoms with van der Waals surface area (Å²) in [5.41, 5.74) is 3.64. The van der Waals surface area contributed by atoms with E-state index in [0.717, 1.165) is 29.1 Å². The first-order chi connectivity index (χ1) is 13.2. The molecule has 0 fully saturated rings. The van der Waals surface area contributed by atoms with E-state index in [2.05, 4.69) is 16.2 Å². The van der Waals surface area contributed by atoms with E-state index >= 15 is 0 Å². The number of benzene rings is 2. The second-order valence-corrected chi connectivity index (χ2v) is 6.84. The van der Waals surface area contributed by atoms with Crippen molar-refractivity contribution in [3.8, 4) is 5.69 Å². The molecule has 0 spiro atoms. The summed E-state index contributed by atoms with van der Waals surface area (Å²) in [4.78, 5) is 21.4. The number of hydrogen-bond donors (Lipinski definition) is 0. The van der Waals surface area contributed by atoms with E-state index < -0.39 is 0 Å². The average Bonchev–Trinajstić information content (AvgIpc) is 3.33. The summed E-state index contributed by atoms with van der Waals surface area (Å²) in [6.07, 6.45) is 6.02. The fourth-order valence-corrected chi connectivity index (χ4v) is 3.56. The summed E-state index contributed by atoms with van der Waals surface area (Å²) in [6, 6.07) is 13.2. The van der Waals surface area contributed by atoms with Crippen LogP contribution in [0.5, 0.6) is 0 Å². The summed E-state index contributed by atoms with van der Waals surface area (Å²) < 4.78 is 3.45. The van der Waals surface area contributed by atoms with Crippen LogP contribution in [0.4, 0.5) is 0 Å². The van der Waals surface area contributed by atoms with Gasteiger partial charge in [-0.2, -0.15) is 5.10 Å². The van der Waals surface area contributed by atoms with Gasteiger partial charge in [-0.1, -0.05) is 23.7 Å². The Bertz CT molecular complexity index is 1240. The minimum Gasteiger partial charge on any atom is -0.292 e. The lowest BCUT2D eigenvalue weighted by molar-refractivity contribution is 0.725. The molecule has 5 rings (SSSR count). The predicted molar refractivity (Wildman–Crippen MR) is 105 cm³/mol. The summed E-state index contributed by atoms with van der Waals surface area (Å²) in [7, 11) is 0. The minimum atomic E-state index is -0.0170. The second-order valence-electron chi connectivity index (χ2n) is 6.40. The monoisotopic (exact) mass is 375 g/mol. The third kappa shape index (κ3) is 2.74. The lowest BCUT2D eigenvalue weighted by Crippen LogP contribution is -2.20.